The highest BCUT2D eigenvalue weighted by Crippen LogP contribution is 2.42. The van der Waals surface area contributed by atoms with Crippen molar-refractivity contribution < 1.29 is 35.8 Å². The Hall–Kier alpha value is -3.56. The Morgan fingerprint density at radius 1 is 0.567 bits per heavy atom. The van der Waals surface area contributed by atoms with E-state index in [-0.39, 0.29) is 11.5 Å². The van der Waals surface area contributed by atoms with Crippen LogP contribution in [0.5, 0.6) is 23.0 Å². The number of ether oxygens (including phenoxy) is 2. The minimum absolute atomic E-state index is 0.320. The van der Waals surface area contributed by atoms with Crippen LogP contribution in [0.1, 0.15) is 11.1 Å². The topological polar surface area (TPSA) is 70.5 Å². The zero-order valence-electron chi connectivity index (χ0n) is 15.5. The second kappa shape index (κ2) is 7.69. The summed E-state index contributed by atoms with van der Waals surface area (Å²) in [6.07, 6.45) is 0. The third kappa shape index (κ3) is 3.34. The molecule has 0 saturated carbocycles. The van der Waals surface area contributed by atoms with Gasteiger partial charge in [-0.05, 0) is 26.0 Å². The first-order valence-corrected chi connectivity index (χ1v) is 8.36. The predicted molar refractivity (Wildman–Crippen MR) is 97.5 cm³/mol. The van der Waals surface area contributed by atoms with Crippen LogP contribution in [0, 0.1) is 48.8 Å². The normalized spacial score (nSPS) is 10.9. The molecule has 0 radical (unpaired) electrons. The second-order valence-electron chi connectivity index (χ2n) is 6.27. The number of nitrogen functional groups attached to an aromatic ring is 2. The number of hydrogen-bond donors (Lipinski definition) is 2. The molecule has 4 N–H and O–H groups in total. The molecular weight excluding hydrogens is 414 g/mol. The molecular formula is C20H14F6N2O2. The number of benzene rings is 3. The second-order valence-corrected chi connectivity index (χ2v) is 6.27. The summed E-state index contributed by atoms with van der Waals surface area (Å²) in [7, 11) is 0. The highest BCUT2D eigenvalue weighted by Gasteiger charge is 2.26. The molecule has 0 spiro atoms. The molecule has 0 aliphatic carbocycles. The Bertz CT molecular complexity index is 1020. The van der Waals surface area contributed by atoms with Crippen molar-refractivity contribution in [1.82, 2.24) is 0 Å². The first kappa shape index (κ1) is 21.2. The van der Waals surface area contributed by atoms with Crippen LogP contribution in [0.2, 0.25) is 0 Å². The monoisotopic (exact) mass is 428 g/mol. The minimum atomic E-state index is -1.66. The molecule has 0 heterocycles. The maximum absolute atomic E-state index is 14.3. The van der Waals surface area contributed by atoms with Crippen LogP contribution in [-0.4, -0.2) is 0 Å². The van der Waals surface area contributed by atoms with Crippen molar-refractivity contribution in [1.29, 1.82) is 0 Å². The van der Waals surface area contributed by atoms with Gasteiger partial charge in [-0.1, -0.05) is 12.1 Å². The fourth-order valence-electron chi connectivity index (χ4n) is 2.64. The van der Waals surface area contributed by atoms with Gasteiger partial charge < -0.3 is 20.9 Å². The number of nitrogens with two attached hydrogens (primary N) is 2. The van der Waals surface area contributed by atoms with Gasteiger partial charge in [0.2, 0.25) is 11.6 Å². The number of hydrogen-bond acceptors (Lipinski definition) is 4. The molecule has 10 heteroatoms. The van der Waals surface area contributed by atoms with Crippen LogP contribution in [0.25, 0.3) is 0 Å². The highest BCUT2D eigenvalue weighted by atomic mass is 19.2. The maximum Gasteiger partial charge on any atom is 0.203 e. The summed E-state index contributed by atoms with van der Waals surface area (Å²) in [6, 6.07) is 5.20. The molecule has 0 aliphatic rings. The van der Waals surface area contributed by atoms with Crippen molar-refractivity contribution >= 4 is 11.4 Å². The molecule has 0 saturated heterocycles. The minimum Gasteiger partial charge on any atom is -0.450 e. The molecule has 3 aromatic rings. The molecule has 0 aromatic heterocycles. The fraction of sp³-hybridized carbons (Fsp3) is 0.100. The van der Waals surface area contributed by atoms with E-state index >= 15 is 0 Å². The number of anilines is 2. The SMILES string of the molecule is Cc1c(F)c(N)c(F)c(F)c1Oc1ccccc1Oc1c(C)c(F)c(N)c(F)c1F. The van der Waals surface area contributed by atoms with Crippen molar-refractivity contribution in [3.8, 4) is 23.0 Å². The molecule has 0 fully saturated rings. The van der Waals surface area contributed by atoms with Crippen LogP contribution in [0.4, 0.5) is 37.7 Å². The molecule has 158 valence electrons. The van der Waals surface area contributed by atoms with Crippen molar-refractivity contribution in [3.05, 3.63) is 70.3 Å². The third-order valence-corrected chi connectivity index (χ3v) is 4.34. The lowest BCUT2D eigenvalue weighted by Crippen LogP contribution is -2.06. The summed E-state index contributed by atoms with van der Waals surface area (Å²) in [5.74, 6) is -11.2. The molecule has 0 aliphatic heterocycles. The highest BCUT2D eigenvalue weighted by molar-refractivity contribution is 5.56. The van der Waals surface area contributed by atoms with Crippen molar-refractivity contribution in [3.63, 3.8) is 0 Å². The van der Waals surface area contributed by atoms with Gasteiger partial charge in [-0.3, -0.25) is 0 Å². The lowest BCUT2D eigenvalue weighted by Gasteiger charge is -2.17. The van der Waals surface area contributed by atoms with Crippen LogP contribution in [-0.2, 0) is 0 Å². The van der Waals surface area contributed by atoms with E-state index in [1.807, 2.05) is 0 Å². The van der Waals surface area contributed by atoms with Crippen molar-refractivity contribution in [2.75, 3.05) is 11.5 Å². The van der Waals surface area contributed by atoms with Gasteiger partial charge in [0.25, 0.3) is 0 Å². The van der Waals surface area contributed by atoms with Gasteiger partial charge in [-0.15, -0.1) is 0 Å². The number of para-hydroxylation sites is 2. The Balaban J connectivity index is 2.09. The van der Waals surface area contributed by atoms with Gasteiger partial charge in [0, 0.05) is 11.1 Å². The molecule has 30 heavy (non-hydrogen) atoms. The third-order valence-electron chi connectivity index (χ3n) is 4.34. The van der Waals surface area contributed by atoms with Crippen LogP contribution in [0.3, 0.4) is 0 Å². The van der Waals surface area contributed by atoms with E-state index < -0.39 is 68.9 Å². The van der Waals surface area contributed by atoms with Gasteiger partial charge in [0.05, 0.1) is 0 Å². The average molecular weight is 428 g/mol. The fourth-order valence-corrected chi connectivity index (χ4v) is 2.64. The van der Waals surface area contributed by atoms with E-state index in [9.17, 15) is 26.3 Å². The summed E-state index contributed by atoms with van der Waals surface area (Å²) in [6.45, 7) is 2.20. The van der Waals surface area contributed by atoms with E-state index in [2.05, 4.69) is 0 Å². The number of halogens is 6. The Labute approximate surface area is 166 Å². The van der Waals surface area contributed by atoms with E-state index in [0.29, 0.717) is 0 Å². The zero-order valence-corrected chi connectivity index (χ0v) is 15.5. The largest absolute Gasteiger partial charge is 0.450 e. The van der Waals surface area contributed by atoms with Crippen LogP contribution < -0.4 is 20.9 Å². The van der Waals surface area contributed by atoms with E-state index in [1.54, 1.807) is 0 Å². The number of rotatable bonds is 4. The summed E-state index contributed by atoms with van der Waals surface area (Å²) in [5, 5.41) is 0. The molecule has 0 unspecified atom stereocenters. The zero-order chi connectivity index (χ0) is 22.3. The molecule has 3 aromatic carbocycles. The lowest BCUT2D eigenvalue weighted by atomic mass is 10.1. The van der Waals surface area contributed by atoms with Crippen LogP contribution in [0.15, 0.2) is 24.3 Å². The molecule has 0 amide bonds. The Morgan fingerprint density at radius 3 is 1.23 bits per heavy atom. The van der Waals surface area contributed by atoms with Gasteiger partial charge in [0.15, 0.2) is 46.3 Å². The van der Waals surface area contributed by atoms with Gasteiger partial charge >= 0.3 is 0 Å². The smallest absolute Gasteiger partial charge is 0.203 e. The molecule has 3 rings (SSSR count). The first-order valence-electron chi connectivity index (χ1n) is 8.36. The summed E-state index contributed by atoms with van der Waals surface area (Å²) < 4.78 is 94.7. The van der Waals surface area contributed by atoms with Gasteiger partial charge in [-0.25, -0.2) is 17.6 Å². The summed E-state index contributed by atoms with van der Waals surface area (Å²) in [5.41, 5.74) is 7.40. The van der Waals surface area contributed by atoms with Crippen LogP contribution >= 0.6 is 0 Å². The quantitative estimate of drug-likeness (QED) is 0.309. The van der Waals surface area contributed by atoms with Gasteiger partial charge in [0.1, 0.15) is 11.4 Å². The Kier molecular flexibility index (Phi) is 5.43. The van der Waals surface area contributed by atoms with Gasteiger partial charge in [-0.2, -0.15) is 8.78 Å². The van der Waals surface area contributed by atoms with E-state index in [4.69, 9.17) is 20.9 Å². The molecule has 0 atom stereocenters. The maximum atomic E-state index is 14.3. The lowest BCUT2D eigenvalue weighted by molar-refractivity contribution is 0.367. The molecule has 0 bridgehead atoms. The van der Waals surface area contributed by atoms with E-state index in [1.165, 1.54) is 24.3 Å². The standard InChI is InChI=1S/C20H14F6N2O2/c1-7-11(21)17(27)13(23)15(25)19(7)29-9-5-3-4-6-10(9)30-20-8(2)12(22)18(28)14(24)16(20)26/h3-6H,27-28H2,1-2H3. The molecule has 4 nitrogen and oxygen atoms in total. The van der Waals surface area contributed by atoms with Crippen molar-refractivity contribution in [2.24, 2.45) is 0 Å². The van der Waals surface area contributed by atoms with Crippen molar-refractivity contribution in [2.45, 2.75) is 13.8 Å². The first-order chi connectivity index (χ1) is 14.1. The van der Waals surface area contributed by atoms with E-state index in [0.717, 1.165) is 13.8 Å². The Morgan fingerprint density at radius 2 is 0.900 bits per heavy atom. The average Bonchev–Trinajstić information content (AvgIpc) is 2.75. The predicted octanol–water partition coefficient (Wildman–Crippen LogP) is 5.89. The summed E-state index contributed by atoms with van der Waals surface area (Å²) in [4.78, 5) is 0. The summed E-state index contributed by atoms with van der Waals surface area (Å²) >= 11 is 0.